The van der Waals surface area contributed by atoms with E-state index in [0.717, 1.165) is 102 Å². The van der Waals surface area contributed by atoms with Crippen LogP contribution in [0.2, 0.25) is 0 Å². The van der Waals surface area contributed by atoms with E-state index in [9.17, 15) is 43.2 Å². The molecular formula is C82H160O17P2. The summed E-state index contributed by atoms with van der Waals surface area (Å²) < 4.78 is 68.8. The van der Waals surface area contributed by atoms with Crippen LogP contribution < -0.4 is 0 Å². The molecule has 0 aromatic carbocycles. The highest BCUT2D eigenvalue weighted by atomic mass is 31.2. The van der Waals surface area contributed by atoms with Crippen molar-refractivity contribution >= 4 is 39.5 Å². The number of aliphatic hydroxyl groups excluding tert-OH is 1. The Morgan fingerprint density at radius 3 is 0.673 bits per heavy atom. The zero-order valence-corrected chi connectivity index (χ0v) is 68.0. The Kier molecular flexibility index (Phi) is 72.2. The predicted octanol–water partition coefficient (Wildman–Crippen LogP) is 24.7. The average Bonchev–Trinajstić information content (AvgIpc) is 1.33. The normalized spacial score (nSPS) is 13.9. The van der Waals surface area contributed by atoms with E-state index in [1.165, 1.54) is 250 Å². The molecule has 0 saturated heterocycles. The second kappa shape index (κ2) is 73.6. The van der Waals surface area contributed by atoms with Crippen LogP contribution in [0.3, 0.4) is 0 Å². The second-order valence-corrected chi connectivity index (χ2v) is 33.4. The van der Waals surface area contributed by atoms with Gasteiger partial charge in [0.2, 0.25) is 0 Å². The molecule has 600 valence electrons. The number of phosphoric ester groups is 2. The lowest BCUT2D eigenvalue weighted by atomic mass is 10.0. The fourth-order valence-electron chi connectivity index (χ4n) is 12.7. The topological polar surface area (TPSA) is 237 Å². The van der Waals surface area contributed by atoms with Gasteiger partial charge in [-0.05, 0) is 37.5 Å². The molecule has 0 aliphatic rings. The number of esters is 4. The number of hydrogen-bond acceptors (Lipinski definition) is 15. The summed E-state index contributed by atoms with van der Waals surface area (Å²) in [5, 5.41) is 10.7. The zero-order valence-electron chi connectivity index (χ0n) is 66.2. The van der Waals surface area contributed by atoms with Gasteiger partial charge >= 0.3 is 39.5 Å². The lowest BCUT2D eigenvalue weighted by molar-refractivity contribution is -0.161. The van der Waals surface area contributed by atoms with E-state index in [1.54, 1.807) is 0 Å². The van der Waals surface area contributed by atoms with Crippen molar-refractivity contribution in [1.29, 1.82) is 0 Å². The van der Waals surface area contributed by atoms with Gasteiger partial charge < -0.3 is 33.8 Å². The maximum atomic E-state index is 13.1. The van der Waals surface area contributed by atoms with Gasteiger partial charge in [0, 0.05) is 25.7 Å². The van der Waals surface area contributed by atoms with E-state index in [2.05, 4.69) is 41.5 Å². The van der Waals surface area contributed by atoms with Crippen LogP contribution in [0, 0.1) is 11.8 Å². The van der Waals surface area contributed by atoms with Crippen molar-refractivity contribution in [3.05, 3.63) is 0 Å². The summed E-state index contributed by atoms with van der Waals surface area (Å²) in [7, 11) is -9.92. The van der Waals surface area contributed by atoms with Gasteiger partial charge in [-0.2, -0.15) is 0 Å². The van der Waals surface area contributed by atoms with E-state index in [1.807, 2.05) is 0 Å². The Bertz CT molecular complexity index is 1940. The SMILES string of the molecule is CCCCCCCCCCCCCCCCCCCCCC(=O)O[C@H](COC(=O)CCCCCCCCCCCCCCCCCCC)COP(=O)(O)OC[C@@H](O)COP(=O)(O)OC[C@@H](COC(=O)CCCCCCCCCCC(C)C)OC(=O)CCCCCCCCCCCCCC(C)C. The Balaban J connectivity index is 5.25. The Morgan fingerprint density at radius 2 is 0.455 bits per heavy atom. The number of carbonyl (C=O) groups excluding carboxylic acids is 4. The van der Waals surface area contributed by atoms with E-state index >= 15 is 0 Å². The van der Waals surface area contributed by atoms with E-state index in [0.29, 0.717) is 25.7 Å². The fourth-order valence-corrected chi connectivity index (χ4v) is 14.3. The summed E-state index contributed by atoms with van der Waals surface area (Å²) >= 11 is 0. The molecule has 0 spiro atoms. The lowest BCUT2D eigenvalue weighted by Crippen LogP contribution is -2.30. The van der Waals surface area contributed by atoms with Crippen LogP contribution in [-0.4, -0.2) is 96.7 Å². The molecular weight excluding hydrogens is 1320 g/mol. The number of hydrogen-bond donors (Lipinski definition) is 3. The van der Waals surface area contributed by atoms with Crippen molar-refractivity contribution in [3.63, 3.8) is 0 Å². The number of rotatable bonds is 81. The summed E-state index contributed by atoms with van der Waals surface area (Å²) in [4.78, 5) is 73.1. The summed E-state index contributed by atoms with van der Waals surface area (Å²) in [6, 6.07) is 0. The molecule has 101 heavy (non-hydrogen) atoms. The van der Waals surface area contributed by atoms with Crippen LogP contribution in [0.5, 0.6) is 0 Å². The van der Waals surface area contributed by atoms with Crippen LogP contribution in [0.25, 0.3) is 0 Å². The second-order valence-electron chi connectivity index (χ2n) is 30.5. The summed E-state index contributed by atoms with van der Waals surface area (Å²) in [5.74, 6) is -0.616. The largest absolute Gasteiger partial charge is 0.472 e. The molecule has 0 aliphatic carbocycles. The van der Waals surface area contributed by atoms with Gasteiger partial charge in [-0.15, -0.1) is 0 Å². The molecule has 19 heteroatoms. The molecule has 0 fully saturated rings. The zero-order chi connectivity index (χ0) is 74.2. The first-order valence-corrected chi connectivity index (χ1v) is 45.5. The summed E-state index contributed by atoms with van der Waals surface area (Å²) in [6.07, 6.45) is 63.9. The molecule has 0 aromatic heterocycles. The van der Waals surface area contributed by atoms with Crippen LogP contribution >= 0.6 is 15.6 Å². The van der Waals surface area contributed by atoms with Crippen molar-refractivity contribution in [3.8, 4) is 0 Å². The fraction of sp³-hybridized carbons (Fsp3) is 0.951. The van der Waals surface area contributed by atoms with Crippen molar-refractivity contribution in [2.75, 3.05) is 39.6 Å². The van der Waals surface area contributed by atoms with Gasteiger partial charge in [0.25, 0.3) is 0 Å². The number of unbranched alkanes of at least 4 members (excludes halogenated alkanes) is 51. The number of carbonyl (C=O) groups is 4. The molecule has 3 N–H and O–H groups in total. The molecule has 0 radical (unpaired) electrons. The van der Waals surface area contributed by atoms with Gasteiger partial charge in [0.1, 0.15) is 19.3 Å². The third-order valence-corrected chi connectivity index (χ3v) is 21.1. The minimum absolute atomic E-state index is 0.106. The van der Waals surface area contributed by atoms with Crippen LogP contribution in [0.4, 0.5) is 0 Å². The van der Waals surface area contributed by atoms with E-state index in [4.69, 9.17) is 37.0 Å². The third-order valence-electron chi connectivity index (χ3n) is 19.2. The molecule has 0 amide bonds. The van der Waals surface area contributed by atoms with Crippen LogP contribution in [0.1, 0.15) is 433 Å². The highest BCUT2D eigenvalue weighted by Crippen LogP contribution is 2.45. The van der Waals surface area contributed by atoms with Gasteiger partial charge in [-0.1, -0.05) is 382 Å². The molecule has 0 bridgehead atoms. The quantitative estimate of drug-likeness (QED) is 0.0222. The maximum Gasteiger partial charge on any atom is 0.472 e. The first kappa shape index (κ1) is 99.1. The molecule has 2 unspecified atom stereocenters. The molecule has 0 rings (SSSR count). The van der Waals surface area contributed by atoms with Crippen molar-refractivity contribution in [2.45, 2.75) is 452 Å². The van der Waals surface area contributed by atoms with Gasteiger partial charge in [-0.25, -0.2) is 9.13 Å². The van der Waals surface area contributed by atoms with Gasteiger partial charge in [-0.3, -0.25) is 37.3 Å². The number of ether oxygens (including phenoxy) is 4. The number of aliphatic hydroxyl groups is 1. The monoisotopic (exact) mass is 1480 g/mol. The highest BCUT2D eigenvalue weighted by molar-refractivity contribution is 7.47. The van der Waals surface area contributed by atoms with E-state index in [-0.39, 0.29) is 25.7 Å². The lowest BCUT2D eigenvalue weighted by Gasteiger charge is -2.21. The molecule has 0 aliphatic heterocycles. The summed E-state index contributed by atoms with van der Waals surface area (Å²) in [6.45, 7) is 9.61. The summed E-state index contributed by atoms with van der Waals surface area (Å²) in [5.41, 5.74) is 0. The third kappa shape index (κ3) is 76.1. The molecule has 0 saturated carbocycles. The van der Waals surface area contributed by atoms with Gasteiger partial charge in [0.15, 0.2) is 12.2 Å². The average molecular weight is 1480 g/mol. The smallest absolute Gasteiger partial charge is 0.462 e. The van der Waals surface area contributed by atoms with Crippen molar-refractivity contribution < 1.29 is 80.2 Å². The number of phosphoric acid groups is 2. The first-order chi connectivity index (χ1) is 48.9. The Labute approximate surface area is 619 Å². The van der Waals surface area contributed by atoms with Crippen LogP contribution in [-0.2, 0) is 65.4 Å². The molecule has 17 nitrogen and oxygen atoms in total. The first-order valence-electron chi connectivity index (χ1n) is 42.5. The predicted molar refractivity (Wildman–Crippen MR) is 414 cm³/mol. The highest BCUT2D eigenvalue weighted by Gasteiger charge is 2.30. The van der Waals surface area contributed by atoms with Crippen LogP contribution in [0.15, 0.2) is 0 Å². The Morgan fingerprint density at radius 1 is 0.267 bits per heavy atom. The maximum absolute atomic E-state index is 13.1. The molecule has 0 heterocycles. The van der Waals surface area contributed by atoms with Crippen molar-refractivity contribution in [1.82, 2.24) is 0 Å². The minimum Gasteiger partial charge on any atom is -0.462 e. The Hall–Kier alpha value is -1.94. The minimum atomic E-state index is -4.96. The standard InChI is InChI=1S/C82H160O17P2/c1-7-9-11-13-15-17-19-21-23-25-26-28-30-32-36-40-48-54-60-66-81(86)98-77(70-92-79(84)64-58-52-46-39-35-31-29-27-24-22-20-18-16-14-12-10-8-2)72-96-100(88,89)94-68-76(83)69-95-101(90,91)97-73-78(71-93-80(85)65-59-53-47-43-42-45-51-57-63-75(5)6)99-82(87)67-61-55-49-41-37-33-34-38-44-50-56-62-74(3)4/h74-78,83H,7-73H2,1-6H3,(H,88,89)(H,90,91)/t76-,77-,78-/m1/s1. The van der Waals surface area contributed by atoms with E-state index < -0.39 is 97.5 Å². The van der Waals surface area contributed by atoms with Gasteiger partial charge in [0.05, 0.1) is 26.4 Å². The molecule has 5 atom stereocenters. The van der Waals surface area contributed by atoms with Crippen molar-refractivity contribution in [2.24, 2.45) is 11.8 Å². The molecule has 0 aromatic rings.